The molecule has 7 heteroatoms. The molecular weight excluding hydrogens is 315 g/mol. The minimum Gasteiger partial charge on any atom is -0.464 e. The van der Waals surface area contributed by atoms with E-state index in [1.54, 1.807) is 13.0 Å². The van der Waals surface area contributed by atoms with Crippen molar-refractivity contribution in [3.05, 3.63) is 64.9 Å². The maximum atomic E-state index is 13.4. The van der Waals surface area contributed by atoms with Gasteiger partial charge < -0.3 is 14.2 Å². The van der Waals surface area contributed by atoms with Crippen LogP contribution in [0.3, 0.4) is 0 Å². The summed E-state index contributed by atoms with van der Waals surface area (Å²) >= 11 is 0. The highest BCUT2D eigenvalue weighted by atomic mass is 19.1. The molecule has 3 rings (SSSR count). The summed E-state index contributed by atoms with van der Waals surface area (Å²) in [7, 11) is 1.25. The fourth-order valence-corrected chi connectivity index (χ4v) is 2.37. The van der Waals surface area contributed by atoms with Gasteiger partial charge in [-0.25, -0.2) is 9.18 Å². The second kappa shape index (κ2) is 6.11. The van der Waals surface area contributed by atoms with Gasteiger partial charge in [-0.3, -0.25) is 4.79 Å². The van der Waals surface area contributed by atoms with Crippen molar-refractivity contribution in [3.63, 3.8) is 0 Å². The van der Waals surface area contributed by atoms with E-state index in [1.807, 2.05) is 0 Å². The normalized spacial score (nSPS) is 10.6. The Morgan fingerprint density at radius 3 is 2.79 bits per heavy atom. The Bertz CT molecular complexity index is 926. The number of ketones is 1. The third kappa shape index (κ3) is 2.71. The summed E-state index contributed by atoms with van der Waals surface area (Å²) < 4.78 is 23.2. The summed E-state index contributed by atoms with van der Waals surface area (Å²) in [5.41, 5.74) is 1.30. The van der Waals surface area contributed by atoms with Crippen LogP contribution in [-0.4, -0.2) is 29.0 Å². The average Bonchev–Trinajstić information content (AvgIpc) is 3.20. The molecule has 122 valence electrons. The number of halogens is 1. The number of nitrogens with one attached hydrogen (secondary N) is 1. The Labute approximate surface area is 136 Å². The van der Waals surface area contributed by atoms with E-state index in [4.69, 9.17) is 4.52 Å². The summed E-state index contributed by atoms with van der Waals surface area (Å²) in [6.45, 7) is 1.59. The van der Waals surface area contributed by atoms with Crippen molar-refractivity contribution >= 4 is 11.8 Å². The predicted molar refractivity (Wildman–Crippen MR) is 82.2 cm³/mol. The third-order valence-corrected chi connectivity index (χ3v) is 3.54. The fraction of sp³-hybridized carbons (Fsp3) is 0.118. The van der Waals surface area contributed by atoms with Gasteiger partial charge in [0.05, 0.1) is 12.7 Å². The molecule has 0 fully saturated rings. The number of hydrogen-bond acceptors (Lipinski definition) is 5. The van der Waals surface area contributed by atoms with Crippen LogP contribution in [0.5, 0.6) is 0 Å². The number of H-pyrrole nitrogens is 1. The highest BCUT2D eigenvalue weighted by Crippen LogP contribution is 2.28. The molecule has 0 aliphatic rings. The van der Waals surface area contributed by atoms with E-state index in [9.17, 15) is 14.0 Å². The van der Waals surface area contributed by atoms with Gasteiger partial charge in [-0.2, -0.15) is 0 Å². The lowest BCUT2D eigenvalue weighted by Gasteiger charge is -2.01. The Kier molecular flexibility index (Phi) is 3.99. The van der Waals surface area contributed by atoms with Gasteiger partial charge in [0.1, 0.15) is 23.0 Å². The summed E-state index contributed by atoms with van der Waals surface area (Å²) in [5, 5.41) is 3.87. The van der Waals surface area contributed by atoms with Crippen molar-refractivity contribution in [2.45, 2.75) is 6.92 Å². The number of esters is 1. The van der Waals surface area contributed by atoms with E-state index in [0.29, 0.717) is 11.3 Å². The molecule has 6 nitrogen and oxygen atoms in total. The molecule has 2 heterocycles. The van der Waals surface area contributed by atoms with Crippen molar-refractivity contribution in [1.29, 1.82) is 0 Å². The molecule has 2 aromatic heterocycles. The predicted octanol–water partition coefficient (Wildman–Crippen LogP) is 3.13. The second-order valence-electron chi connectivity index (χ2n) is 5.10. The Morgan fingerprint density at radius 1 is 1.29 bits per heavy atom. The molecule has 3 aromatic rings. The topological polar surface area (TPSA) is 85.2 Å². The van der Waals surface area contributed by atoms with Crippen LogP contribution in [0.4, 0.5) is 4.39 Å². The molecule has 0 aliphatic heterocycles. The van der Waals surface area contributed by atoms with Crippen molar-refractivity contribution < 1.29 is 23.2 Å². The van der Waals surface area contributed by atoms with E-state index >= 15 is 0 Å². The van der Waals surface area contributed by atoms with Crippen LogP contribution in [0.25, 0.3) is 11.3 Å². The molecule has 0 bridgehead atoms. The summed E-state index contributed by atoms with van der Waals surface area (Å²) in [5.74, 6) is -1.11. The van der Waals surface area contributed by atoms with Gasteiger partial charge >= 0.3 is 5.97 Å². The zero-order valence-electron chi connectivity index (χ0n) is 12.9. The smallest absolute Gasteiger partial charge is 0.354 e. The zero-order valence-corrected chi connectivity index (χ0v) is 12.9. The summed E-state index contributed by atoms with van der Waals surface area (Å²) in [6.07, 6.45) is 1.40. The molecule has 0 atom stereocenters. The monoisotopic (exact) mass is 328 g/mol. The Balaban J connectivity index is 2.03. The number of rotatable bonds is 4. The number of aromatic nitrogens is 2. The van der Waals surface area contributed by atoms with Crippen LogP contribution >= 0.6 is 0 Å². The van der Waals surface area contributed by atoms with E-state index < -0.39 is 11.8 Å². The van der Waals surface area contributed by atoms with Gasteiger partial charge in [-0.1, -0.05) is 17.3 Å². The van der Waals surface area contributed by atoms with Gasteiger partial charge in [0.2, 0.25) is 0 Å². The number of aryl methyl sites for hydroxylation is 1. The van der Waals surface area contributed by atoms with Crippen LogP contribution in [0.1, 0.15) is 32.2 Å². The summed E-state index contributed by atoms with van der Waals surface area (Å²) in [4.78, 5) is 26.9. The van der Waals surface area contributed by atoms with Crippen LogP contribution in [0.15, 0.2) is 41.1 Å². The van der Waals surface area contributed by atoms with Crippen molar-refractivity contribution in [2.75, 3.05) is 7.11 Å². The van der Waals surface area contributed by atoms with Crippen molar-refractivity contribution in [1.82, 2.24) is 10.1 Å². The minimum absolute atomic E-state index is 0.155. The van der Waals surface area contributed by atoms with E-state index in [1.165, 1.54) is 37.6 Å². The van der Waals surface area contributed by atoms with E-state index in [2.05, 4.69) is 14.9 Å². The first-order chi connectivity index (χ1) is 11.5. The number of ether oxygens (including phenoxy) is 1. The van der Waals surface area contributed by atoms with Gasteiger partial charge in [0, 0.05) is 17.3 Å². The molecule has 0 aliphatic carbocycles. The largest absolute Gasteiger partial charge is 0.464 e. The van der Waals surface area contributed by atoms with Gasteiger partial charge in [-0.05, 0) is 25.1 Å². The first-order valence-electron chi connectivity index (χ1n) is 7.05. The quantitative estimate of drug-likeness (QED) is 0.587. The Hall–Kier alpha value is -3.22. The number of aromatic amines is 1. The highest BCUT2D eigenvalue weighted by Gasteiger charge is 2.24. The molecule has 0 saturated carbocycles. The molecular formula is C17H13FN2O4. The molecule has 0 radical (unpaired) electrons. The van der Waals surface area contributed by atoms with Crippen molar-refractivity contribution in [3.8, 4) is 11.3 Å². The molecule has 24 heavy (non-hydrogen) atoms. The van der Waals surface area contributed by atoms with Crippen LogP contribution in [0, 0.1) is 12.7 Å². The standard InChI is InChI=1S/C17H13FN2O4/c1-9-14(15(20-24-9)10-4-3-5-12(18)6-10)16(21)11-7-13(19-8-11)17(22)23-2/h3-8,19H,1-2H3. The maximum absolute atomic E-state index is 13.4. The minimum atomic E-state index is -0.582. The highest BCUT2D eigenvalue weighted by molar-refractivity contribution is 6.13. The lowest BCUT2D eigenvalue weighted by molar-refractivity contribution is 0.0595. The number of nitrogens with zero attached hydrogens (tertiary/aromatic N) is 1. The van der Waals surface area contributed by atoms with Crippen LogP contribution < -0.4 is 0 Å². The molecule has 0 spiro atoms. The zero-order chi connectivity index (χ0) is 17.3. The molecule has 0 amide bonds. The van der Waals surface area contributed by atoms with E-state index in [0.717, 1.165) is 0 Å². The van der Waals surface area contributed by atoms with Gasteiger partial charge in [0.25, 0.3) is 0 Å². The number of carbonyl (C=O) groups excluding carboxylic acids is 2. The van der Waals surface area contributed by atoms with Gasteiger partial charge in [0.15, 0.2) is 5.78 Å². The number of hydrogen-bond donors (Lipinski definition) is 1. The molecule has 1 aromatic carbocycles. The molecule has 0 unspecified atom stereocenters. The average molecular weight is 328 g/mol. The Morgan fingerprint density at radius 2 is 2.08 bits per heavy atom. The second-order valence-corrected chi connectivity index (χ2v) is 5.10. The number of benzene rings is 1. The van der Waals surface area contributed by atoms with E-state index in [-0.39, 0.29) is 28.3 Å². The summed E-state index contributed by atoms with van der Waals surface area (Å²) in [6, 6.07) is 7.11. The molecule has 0 saturated heterocycles. The lowest BCUT2D eigenvalue weighted by atomic mass is 9.99. The lowest BCUT2D eigenvalue weighted by Crippen LogP contribution is -2.03. The molecule has 1 N–H and O–H groups in total. The first-order valence-corrected chi connectivity index (χ1v) is 7.05. The van der Waals surface area contributed by atoms with Crippen molar-refractivity contribution in [2.24, 2.45) is 0 Å². The SMILES string of the molecule is COC(=O)c1cc(C(=O)c2c(-c3cccc(F)c3)noc2C)c[nH]1. The van der Waals surface area contributed by atoms with Crippen LogP contribution in [-0.2, 0) is 4.74 Å². The third-order valence-electron chi connectivity index (χ3n) is 3.54. The van der Waals surface area contributed by atoms with Crippen LogP contribution in [0.2, 0.25) is 0 Å². The number of carbonyl (C=O) groups is 2. The fourth-order valence-electron chi connectivity index (χ4n) is 2.37. The number of methoxy groups -OCH3 is 1. The first kappa shape index (κ1) is 15.7. The van der Waals surface area contributed by atoms with Gasteiger partial charge in [-0.15, -0.1) is 0 Å². The maximum Gasteiger partial charge on any atom is 0.354 e.